The first kappa shape index (κ1) is 11.3. The van der Waals surface area contributed by atoms with Crippen molar-refractivity contribution in [2.75, 3.05) is 5.73 Å². The molecule has 0 heterocycles. The second-order valence-corrected chi connectivity index (χ2v) is 5.02. The van der Waals surface area contributed by atoms with Crippen molar-refractivity contribution >= 4 is 5.69 Å². The Hall–Kier alpha value is -1.18. The Kier molecular flexibility index (Phi) is 3.37. The van der Waals surface area contributed by atoms with E-state index in [0.29, 0.717) is 6.10 Å². The first-order valence-corrected chi connectivity index (χ1v) is 6.18. The van der Waals surface area contributed by atoms with Crippen LogP contribution in [0.3, 0.4) is 0 Å². The molecule has 0 aliphatic heterocycles. The second kappa shape index (κ2) is 4.77. The molecule has 0 aromatic heterocycles. The Morgan fingerprint density at radius 1 is 1.19 bits per heavy atom. The molecule has 88 valence electrons. The fourth-order valence-electron chi connectivity index (χ4n) is 2.33. The van der Waals surface area contributed by atoms with Gasteiger partial charge in [-0.3, -0.25) is 0 Å². The minimum absolute atomic E-state index is 0.401. The van der Waals surface area contributed by atoms with E-state index in [2.05, 4.69) is 13.8 Å². The molecule has 1 saturated carbocycles. The summed E-state index contributed by atoms with van der Waals surface area (Å²) in [6, 6.07) is 5.87. The largest absolute Gasteiger partial charge is 0.490 e. The summed E-state index contributed by atoms with van der Waals surface area (Å²) in [5.74, 6) is 1.86. The first-order chi connectivity index (χ1) is 7.65. The third kappa shape index (κ3) is 2.69. The van der Waals surface area contributed by atoms with Crippen molar-refractivity contribution in [3.05, 3.63) is 23.8 Å². The summed E-state index contributed by atoms with van der Waals surface area (Å²) in [6.45, 7) is 4.38. The number of aryl methyl sites for hydroxylation is 1. The van der Waals surface area contributed by atoms with E-state index in [1.54, 1.807) is 0 Å². The van der Waals surface area contributed by atoms with Gasteiger partial charge in [-0.05, 0) is 62.3 Å². The molecule has 2 N–H and O–H groups in total. The lowest BCUT2D eigenvalue weighted by atomic mass is 9.89. The fourth-order valence-corrected chi connectivity index (χ4v) is 2.33. The Labute approximate surface area is 97.8 Å². The van der Waals surface area contributed by atoms with Crippen molar-refractivity contribution in [1.29, 1.82) is 0 Å². The van der Waals surface area contributed by atoms with Crippen LogP contribution in [-0.2, 0) is 0 Å². The maximum absolute atomic E-state index is 6.03. The standard InChI is InChI=1S/C14H21NO/c1-10-3-6-13(7-4-10)16-14-8-5-12(15)9-11(14)2/h5,8-10,13H,3-4,6-7,15H2,1-2H3. The highest BCUT2D eigenvalue weighted by Crippen LogP contribution is 2.29. The average molecular weight is 219 g/mol. The van der Waals surface area contributed by atoms with E-state index in [1.165, 1.54) is 25.7 Å². The van der Waals surface area contributed by atoms with Crippen LogP contribution < -0.4 is 10.5 Å². The van der Waals surface area contributed by atoms with Gasteiger partial charge in [0.15, 0.2) is 0 Å². The van der Waals surface area contributed by atoms with E-state index in [-0.39, 0.29) is 0 Å². The quantitative estimate of drug-likeness (QED) is 0.772. The summed E-state index contributed by atoms with van der Waals surface area (Å²) in [6.07, 6.45) is 5.35. The molecule has 1 aliphatic rings. The van der Waals surface area contributed by atoms with Gasteiger partial charge in [-0.2, -0.15) is 0 Å². The summed E-state index contributed by atoms with van der Waals surface area (Å²) in [7, 11) is 0. The molecule has 0 spiro atoms. The summed E-state index contributed by atoms with van der Waals surface area (Å²) >= 11 is 0. The highest BCUT2D eigenvalue weighted by atomic mass is 16.5. The third-order valence-corrected chi connectivity index (χ3v) is 3.46. The zero-order valence-corrected chi connectivity index (χ0v) is 10.2. The summed E-state index contributed by atoms with van der Waals surface area (Å²) in [5, 5.41) is 0. The molecule has 0 atom stereocenters. The van der Waals surface area contributed by atoms with Gasteiger partial charge in [0.1, 0.15) is 5.75 Å². The van der Waals surface area contributed by atoms with Crippen molar-refractivity contribution in [3.8, 4) is 5.75 Å². The van der Waals surface area contributed by atoms with Gasteiger partial charge in [-0.1, -0.05) is 6.92 Å². The molecule has 1 fully saturated rings. The number of nitrogen functional groups attached to an aromatic ring is 1. The smallest absolute Gasteiger partial charge is 0.122 e. The van der Waals surface area contributed by atoms with Crippen LogP contribution in [0.2, 0.25) is 0 Å². The summed E-state index contributed by atoms with van der Waals surface area (Å²) in [4.78, 5) is 0. The van der Waals surface area contributed by atoms with Gasteiger partial charge in [0.25, 0.3) is 0 Å². The van der Waals surface area contributed by atoms with Gasteiger partial charge in [0.05, 0.1) is 6.10 Å². The molecular weight excluding hydrogens is 198 g/mol. The zero-order chi connectivity index (χ0) is 11.5. The topological polar surface area (TPSA) is 35.2 Å². The molecule has 2 rings (SSSR count). The predicted molar refractivity (Wildman–Crippen MR) is 67.6 cm³/mol. The molecule has 1 aliphatic carbocycles. The zero-order valence-electron chi connectivity index (χ0n) is 10.2. The number of hydrogen-bond acceptors (Lipinski definition) is 2. The average Bonchev–Trinajstić information content (AvgIpc) is 2.25. The molecule has 0 bridgehead atoms. The van der Waals surface area contributed by atoms with Gasteiger partial charge >= 0.3 is 0 Å². The molecule has 1 aromatic carbocycles. The molecular formula is C14H21NO. The fraction of sp³-hybridized carbons (Fsp3) is 0.571. The predicted octanol–water partition coefficient (Wildman–Crippen LogP) is 3.53. The lowest BCUT2D eigenvalue weighted by Crippen LogP contribution is -2.23. The number of benzene rings is 1. The normalized spacial score (nSPS) is 25.4. The van der Waals surface area contributed by atoms with Crippen LogP contribution in [0.15, 0.2) is 18.2 Å². The van der Waals surface area contributed by atoms with Crippen LogP contribution in [-0.4, -0.2) is 6.10 Å². The molecule has 0 unspecified atom stereocenters. The molecule has 1 aromatic rings. The second-order valence-electron chi connectivity index (χ2n) is 5.02. The molecule has 16 heavy (non-hydrogen) atoms. The van der Waals surface area contributed by atoms with Crippen molar-refractivity contribution in [1.82, 2.24) is 0 Å². The maximum atomic E-state index is 6.03. The van der Waals surface area contributed by atoms with E-state index in [4.69, 9.17) is 10.5 Å². The van der Waals surface area contributed by atoms with Crippen LogP contribution >= 0.6 is 0 Å². The van der Waals surface area contributed by atoms with Gasteiger partial charge in [-0.15, -0.1) is 0 Å². The molecule has 2 heteroatoms. The van der Waals surface area contributed by atoms with Crippen LogP contribution in [0.5, 0.6) is 5.75 Å². The minimum atomic E-state index is 0.401. The molecule has 0 saturated heterocycles. The Balaban J connectivity index is 1.98. The van der Waals surface area contributed by atoms with E-state index in [0.717, 1.165) is 22.9 Å². The lowest BCUT2D eigenvalue weighted by Gasteiger charge is -2.27. The highest BCUT2D eigenvalue weighted by Gasteiger charge is 2.19. The minimum Gasteiger partial charge on any atom is -0.490 e. The lowest BCUT2D eigenvalue weighted by molar-refractivity contribution is 0.135. The van der Waals surface area contributed by atoms with Crippen LogP contribution in [0.1, 0.15) is 38.2 Å². The van der Waals surface area contributed by atoms with Gasteiger partial charge in [0.2, 0.25) is 0 Å². The first-order valence-electron chi connectivity index (χ1n) is 6.18. The van der Waals surface area contributed by atoms with Gasteiger partial charge in [0, 0.05) is 5.69 Å². The van der Waals surface area contributed by atoms with Crippen molar-refractivity contribution in [2.45, 2.75) is 45.6 Å². The SMILES string of the molecule is Cc1cc(N)ccc1OC1CCC(C)CC1. The van der Waals surface area contributed by atoms with Crippen LogP contribution in [0.4, 0.5) is 5.69 Å². The monoisotopic (exact) mass is 219 g/mol. The van der Waals surface area contributed by atoms with E-state index in [9.17, 15) is 0 Å². The number of hydrogen-bond donors (Lipinski definition) is 1. The Morgan fingerprint density at radius 3 is 2.50 bits per heavy atom. The van der Waals surface area contributed by atoms with E-state index >= 15 is 0 Å². The number of anilines is 1. The van der Waals surface area contributed by atoms with Crippen molar-refractivity contribution in [2.24, 2.45) is 5.92 Å². The third-order valence-electron chi connectivity index (χ3n) is 3.46. The Bertz CT molecular complexity index is 354. The van der Waals surface area contributed by atoms with Crippen LogP contribution in [0, 0.1) is 12.8 Å². The summed E-state index contributed by atoms with van der Waals surface area (Å²) in [5.41, 5.74) is 7.67. The molecule has 0 radical (unpaired) electrons. The van der Waals surface area contributed by atoms with E-state index < -0.39 is 0 Å². The summed E-state index contributed by atoms with van der Waals surface area (Å²) < 4.78 is 6.03. The van der Waals surface area contributed by atoms with Gasteiger partial charge < -0.3 is 10.5 Å². The number of rotatable bonds is 2. The Morgan fingerprint density at radius 2 is 1.88 bits per heavy atom. The van der Waals surface area contributed by atoms with Crippen molar-refractivity contribution in [3.63, 3.8) is 0 Å². The molecule has 0 amide bonds. The van der Waals surface area contributed by atoms with Gasteiger partial charge in [-0.25, -0.2) is 0 Å². The van der Waals surface area contributed by atoms with E-state index in [1.807, 2.05) is 18.2 Å². The maximum Gasteiger partial charge on any atom is 0.122 e. The van der Waals surface area contributed by atoms with Crippen LogP contribution in [0.25, 0.3) is 0 Å². The number of nitrogens with two attached hydrogens (primary N) is 1. The molecule has 2 nitrogen and oxygen atoms in total. The van der Waals surface area contributed by atoms with Crippen molar-refractivity contribution < 1.29 is 4.74 Å². The number of ether oxygens (including phenoxy) is 1. The highest BCUT2D eigenvalue weighted by molar-refractivity contribution is 5.47.